The lowest BCUT2D eigenvalue weighted by Crippen LogP contribution is -2.38. The summed E-state index contributed by atoms with van der Waals surface area (Å²) in [7, 11) is -3.60. The van der Waals surface area contributed by atoms with Crippen LogP contribution >= 0.6 is 0 Å². The summed E-state index contributed by atoms with van der Waals surface area (Å²) < 4.78 is 27.7. The molecule has 2 heterocycles. The molecule has 0 aliphatic carbocycles. The van der Waals surface area contributed by atoms with Gasteiger partial charge in [0.05, 0.1) is 4.90 Å². The zero-order valence-corrected chi connectivity index (χ0v) is 15.0. The Hall–Kier alpha value is -1.67. The molecular weight excluding hydrogens is 330 g/mol. The van der Waals surface area contributed by atoms with Crippen molar-refractivity contribution in [2.24, 2.45) is 0 Å². The maximum Gasteiger partial charge on any atom is 0.251 e. The molecule has 1 aliphatic rings. The molecule has 0 spiro atoms. The van der Waals surface area contributed by atoms with Crippen LogP contribution in [0.3, 0.4) is 0 Å². The average Bonchev–Trinajstić information content (AvgIpc) is 3.09. The van der Waals surface area contributed by atoms with Crippen molar-refractivity contribution >= 4 is 15.9 Å². The number of pyridine rings is 1. The van der Waals surface area contributed by atoms with Crippen molar-refractivity contribution < 1.29 is 13.2 Å². The van der Waals surface area contributed by atoms with Gasteiger partial charge >= 0.3 is 0 Å². The standard InChI is InChI=1S/C16H25N3O4S/c1-3-13(4-2)17-15(20)12-18-11-14(7-8-16(18)21)24(22,23)19-9-5-6-10-19/h7-8,11,13H,3-6,9-10,12H2,1-2H3,(H,17,20). The highest BCUT2D eigenvalue weighted by Gasteiger charge is 2.27. The molecule has 0 unspecified atom stereocenters. The topological polar surface area (TPSA) is 88.5 Å². The number of hydrogen-bond donors (Lipinski definition) is 1. The maximum atomic E-state index is 12.6. The van der Waals surface area contributed by atoms with Gasteiger partial charge in [-0.2, -0.15) is 4.31 Å². The molecule has 134 valence electrons. The maximum absolute atomic E-state index is 12.6. The van der Waals surface area contributed by atoms with Crippen molar-refractivity contribution in [1.82, 2.24) is 14.2 Å². The van der Waals surface area contributed by atoms with Crippen molar-refractivity contribution in [3.8, 4) is 0 Å². The molecule has 24 heavy (non-hydrogen) atoms. The third-order valence-electron chi connectivity index (χ3n) is 4.32. The summed E-state index contributed by atoms with van der Waals surface area (Å²) in [5.41, 5.74) is -0.393. The molecule has 0 aromatic carbocycles. The van der Waals surface area contributed by atoms with Crippen LogP contribution in [0.5, 0.6) is 0 Å². The Morgan fingerprint density at radius 3 is 2.42 bits per heavy atom. The number of aromatic nitrogens is 1. The van der Waals surface area contributed by atoms with Crippen LogP contribution in [0.25, 0.3) is 0 Å². The van der Waals surface area contributed by atoms with Gasteiger partial charge in [0.15, 0.2) is 0 Å². The molecular formula is C16H25N3O4S. The van der Waals surface area contributed by atoms with Gasteiger partial charge in [-0.3, -0.25) is 9.59 Å². The van der Waals surface area contributed by atoms with Gasteiger partial charge in [-0.05, 0) is 31.7 Å². The lowest BCUT2D eigenvalue weighted by molar-refractivity contribution is -0.122. The second kappa shape index (κ2) is 7.94. The number of sulfonamides is 1. The quantitative estimate of drug-likeness (QED) is 0.788. The van der Waals surface area contributed by atoms with E-state index >= 15 is 0 Å². The Morgan fingerprint density at radius 2 is 1.83 bits per heavy atom. The molecule has 1 aromatic rings. The summed E-state index contributed by atoms with van der Waals surface area (Å²) in [6.45, 7) is 4.76. The number of rotatable bonds is 7. The van der Waals surface area contributed by atoms with Crippen LogP contribution < -0.4 is 10.9 Å². The van der Waals surface area contributed by atoms with Crippen LogP contribution in [0.2, 0.25) is 0 Å². The molecule has 1 amide bonds. The molecule has 1 N–H and O–H groups in total. The smallest absolute Gasteiger partial charge is 0.251 e. The van der Waals surface area contributed by atoms with Gasteiger partial charge in [0, 0.05) is 31.4 Å². The van der Waals surface area contributed by atoms with Crippen LogP contribution in [0.15, 0.2) is 28.0 Å². The first-order valence-electron chi connectivity index (χ1n) is 8.38. The number of amides is 1. The predicted molar refractivity (Wildman–Crippen MR) is 91.2 cm³/mol. The fourth-order valence-electron chi connectivity index (χ4n) is 2.78. The Balaban J connectivity index is 2.19. The summed E-state index contributed by atoms with van der Waals surface area (Å²) in [5.74, 6) is -0.290. The van der Waals surface area contributed by atoms with Crippen molar-refractivity contribution in [2.75, 3.05) is 13.1 Å². The second-order valence-electron chi connectivity index (χ2n) is 6.02. The van der Waals surface area contributed by atoms with Gasteiger partial charge in [-0.1, -0.05) is 13.8 Å². The summed E-state index contributed by atoms with van der Waals surface area (Å²) >= 11 is 0. The molecule has 1 aromatic heterocycles. The minimum atomic E-state index is -3.60. The lowest BCUT2D eigenvalue weighted by Gasteiger charge is -2.17. The van der Waals surface area contributed by atoms with Gasteiger partial charge in [0.25, 0.3) is 5.56 Å². The van der Waals surface area contributed by atoms with Crippen LogP contribution in [-0.2, 0) is 21.4 Å². The molecule has 0 bridgehead atoms. The van der Waals surface area contributed by atoms with Gasteiger partial charge in [-0.15, -0.1) is 0 Å². The number of hydrogen-bond acceptors (Lipinski definition) is 4. The van der Waals surface area contributed by atoms with Crippen molar-refractivity contribution in [3.05, 3.63) is 28.7 Å². The third kappa shape index (κ3) is 4.24. The van der Waals surface area contributed by atoms with Crippen molar-refractivity contribution in [2.45, 2.75) is 57.0 Å². The number of nitrogens with zero attached hydrogens (tertiary/aromatic N) is 2. The average molecular weight is 355 g/mol. The molecule has 1 saturated heterocycles. The minimum Gasteiger partial charge on any atom is -0.352 e. The van der Waals surface area contributed by atoms with Gasteiger partial charge < -0.3 is 9.88 Å². The Kier molecular flexibility index (Phi) is 6.17. The van der Waals surface area contributed by atoms with E-state index in [9.17, 15) is 18.0 Å². The molecule has 1 fully saturated rings. The van der Waals surface area contributed by atoms with E-state index in [4.69, 9.17) is 0 Å². The normalized spacial score (nSPS) is 15.8. The van der Waals surface area contributed by atoms with Gasteiger partial charge in [0.1, 0.15) is 6.54 Å². The molecule has 7 nitrogen and oxygen atoms in total. The van der Waals surface area contributed by atoms with Gasteiger partial charge in [0.2, 0.25) is 15.9 Å². The van der Waals surface area contributed by atoms with Crippen molar-refractivity contribution in [1.29, 1.82) is 0 Å². The highest BCUT2D eigenvalue weighted by molar-refractivity contribution is 7.89. The van der Waals surface area contributed by atoms with E-state index in [2.05, 4.69) is 5.32 Å². The number of carbonyl (C=O) groups is 1. The Labute approximate surface area is 142 Å². The van der Waals surface area contributed by atoms with E-state index in [1.165, 1.54) is 22.6 Å². The first-order valence-corrected chi connectivity index (χ1v) is 9.82. The van der Waals surface area contributed by atoms with Gasteiger partial charge in [-0.25, -0.2) is 8.42 Å². The predicted octanol–water partition coefficient (Wildman–Crippen LogP) is 0.938. The molecule has 0 atom stereocenters. The lowest BCUT2D eigenvalue weighted by atomic mass is 10.2. The fraction of sp³-hybridized carbons (Fsp3) is 0.625. The van der Waals surface area contributed by atoms with E-state index in [-0.39, 0.29) is 23.4 Å². The summed E-state index contributed by atoms with van der Waals surface area (Å²) in [4.78, 5) is 24.1. The highest BCUT2D eigenvalue weighted by atomic mass is 32.2. The minimum absolute atomic E-state index is 0.0549. The molecule has 8 heteroatoms. The van der Waals surface area contributed by atoms with Crippen LogP contribution in [0, 0.1) is 0 Å². The Bertz CT molecular complexity index is 732. The van der Waals surface area contributed by atoms with E-state index < -0.39 is 15.6 Å². The zero-order chi connectivity index (χ0) is 17.7. The molecule has 2 rings (SSSR count). The number of nitrogens with one attached hydrogen (secondary N) is 1. The van der Waals surface area contributed by atoms with Crippen LogP contribution in [-0.4, -0.2) is 42.3 Å². The van der Waals surface area contributed by atoms with Crippen molar-refractivity contribution in [3.63, 3.8) is 0 Å². The van der Waals surface area contributed by atoms with Crippen LogP contribution in [0.4, 0.5) is 0 Å². The third-order valence-corrected chi connectivity index (χ3v) is 6.21. The molecule has 1 aliphatic heterocycles. The SMILES string of the molecule is CCC(CC)NC(=O)Cn1cc(S(=O)(=O)N2CCCC2)ccc1=O. The monoisotopic (exact) mass is 355 g/mol. The van der Waals surface area contributed by atoms with E-state index in [0.29, 0.717) is 13.1 Å². The Morgan fingerprint density at radius 1 is 1.21 bits per heavy atom. The van der Waals surface area contributed by atoms with Crippen LogP contribution in [0.1, 0.15) is 39.5 Å². The van der Waals surface area contributed by atoms with E-state index in [0.717, 1.165) is 30.3 Å². The zero-order valence-electron chi connectivity index (χ0n) is 14.2. The van der Waals surface area contributed by atoms with E-state index in [1.54, 1.807) is 0 Å². The summed E-state index contributed by atoms with van der Waals surface area (Å²) in [6, 6.07) is 2.57. The molecule has 0 radical (unpaired) electrons. The summed E-state index contributed by atoms with van der Waals surface area (Å²) in [6.07, 6.45) is 4.57. The summed E-state index contributed by atoms with van der Waals surface area (Å²) in [5, 5.41) is 2.85. The largest absolute Gasteiger partial charge is 0.352 e. The van der Waals surface area contributed by atoms with E-state index in [1.807, 2.05) is 13.8 Å². The second-order valence-corrected chi connectivity index (χ2v) is 7.96. The fourth-order valence-corrected chi connectivity index (χ4v) is 4.32. The molecule has 0 saturated carbocycles. The first-order chi connectivity index (χ1) is 11.4. The first kappa shape index (κ1) is 18.7. The number of carbonyl (C=O) groups excluding carboxylic acids is 1. The highest BCUT2D eigenvalue weighted by Crippen LogP contribution is 2.19.